The Morgan fingerprint density at radius 3 is 2.68 bits per heavy atom. The highest BCUT2D eigenvalue weighted by Crippen LogP contribution is 2.49. The van der Waals surface area contributed by atoms with Gasteiger partial charge in [0.1, 0.15) is 0 Å². The van der Waals surface area contributed by atoms with Crippen molar-refractivity contribution in [1.29, 1.82) is 0 Å². The predicted molar refractivity (Wildman–Crippen MR) is 116 cm³/mol. The quantitative estimate of drug-likeness (QED) is 0.299. The molecule has 0 unspecified atom stereocenters. The monoisotopic (exact) mass is 423 g/mol. The first-order valence-corrected chi connectivity index (χ1v) is 11.2. The summed E-state index contributed by atoms with van der Waals surface area (Å²) in [5.41, 5.74) is 1.10. The second-order valence-corrected chi connectivity index (χ2v) is 9.02. The van der Waals surface area contributed by atoms with Crippen molar-refractivity contribution < 1.29 is 9.53 Å². The summed E-state index contributed by atoms with van der Waals surface area (Å²) in [6.07, 6.45) is 12.5. The van der Waals surface area contributed by atoms with Gasteiger partial charge in [0.25, 0.3) is 0 Å². The number of fused-ring (bicyclic) bond motifs is 3. The van der Waals surface area contributed by atoms with Crippen molar-refractivity contribution in [2.45, 2.75) is 51.5 Å². The van der Waals surface area contributed by atoms with Crippen LogP contribution in [0.15, 0.2) is 30.4 Å². The Balaban J connectivity index is 1.52. The molecule has 3 nitrogen and oxygen atoms in total. The van der Waals surface area contributed by atoms with E-state index in [1.54, 1.807) is 0 Å². The lowest BCUT2D eigenvalue weighted by Crippen LogP contribution is -2.43. The highest BCUT2D eigenvalue weighted by molar-refractivity contribution is 6.35. The molecule has 3 aliphatic rings. The van der Waals surface area contributed by atoms with Crippen LogP contribution in [0, 0.1) is 23.7 Å². The first-order valence-electron chi connectivity index (χ1n) is 10.5. The highest BCUT2D eigenvalue weighted by Gasteiger charge is 2.41. The number of methoxy groups -OCH3 is 1. The van der Waals surface area contributed by atoms with Crippen LogP contribution in [0.1, 0.15) is 50.5 Å². The van der Waals surface area contributed by atoms with E-state index in [2.05, 4.69) is 17.5 Å². The summed E-state index contributed by atoms with van der Waals surface area (Å²) < 4.78 is 4.71. The van der Waals surface area contributed by atoms with Crippen LogP contribution in [0.5, 0.6) is 0 Å². The molecule has 2 atom stereocenters. The largest absolute Gasteiger partial charge is 0.469 e. The maximum absolute atomic E-state index is 11.2. The SMILES string of the molecule is COC(=O)CCC/C=C\[C@H]1C2CCC(CC2)[C@@H]1CNCc1ccc(Cl)cc1Cl. The topological polar surface area (TPSA) is 38.3 Å². The maximum Gasteiger partial charge on any atom is 0.305 e. The molecule has 0 radical (unpaired) electrons. The molecule has 1 aromatic rings. The number of halogens is 2. The molecule has 3 fully saturated rings. The van der Waals surface area contributed by atoms with Crippen LogP contribution in [-0.2, 0) is 16.1 Å². The van der Waals surface area contributed by atoms with Gasteiger partial charge in [-0.1, -0.05) is 41.4 Å². The second kappa shape index (κ2) is 10.7. The van der Waals surface area contributed by atoms with Crippen molar-refractivity contribution >= 4 is 29.2 Å². The molecule has 1 N–H and O–H groups in total. The van der Waals surface area contributed by atoms with E-state index in [0.29, 0.717) is 23.3 Å². The van der Waals surface area contributed by atoms with E-state index < -0.39 is 0 Å². The van der Waals surface area contributed by atoms with E-state index >= 15 is 0 Å². The summed E-state index contributed by atoms with van der Waals surface area (Å²) >= 11 is 12.3. The van der Waals surface area contributed by atoms with Crippen LogP contribution >= 0.6 is 23.2 Å². The van der Waals surface area contributed by atoms with Gasteiger partial charge in [0, 0.05) is 23.0 Å². The van der Waals surface area contributed by atoms with Gasteiger partial charge in [-0.05, 0) is 86.4 Å². The Kier molecular flexibility index (Phi) is 8.25. The van der Waals surface area contributed by atoms with Gasteiger partial charge in [-0.3, -0.25) is 4.79 Å². The summed E-state index contributed by atoms with van der Waals surface area (Å²) in [6, 6.07) is 5.71. The number of benzene rings is 1. The third kappa shape index (κ3) is 5.75. The standard InChI is InChI=1S/C23H31Cl2NO2/c1-28-23(27)6-4-2-3-5-20-16-7-9-17(10-8-16)21(20)15-26-14-18-11-12-19(24)13-22(18)25/h3,5,11-13,16-17,20-21,26H,2,4,6-10,14-15H2,1H3/b5-3-/t16?,17?,20-,21-/m0/s1. The Morgan fingerprint density at radius 1 is 1.21 bits per heavy atom. The molecule has 4 rings (SSSR count). The third-order valence-electron chi connectivity index (χ3n) is 6.51. The minimum absolute atomic E-state index is 0.118. The summed E-state index contributed by atoms with van der Waals surface area (Å²) in [5, 5.41) is 5.05. The highest BCUT2D eigenvalue weighted by atomic mass is 35.5. The number of allylic oxidation sites excluding steroid dienone is 2. The van der Waals surface area contributed by atoms with E-state index in [4.69, 9.17) is 27.9 Å². The van der Waals surface area contributed by atoms with Gasteiger partial charge >= 0.3 is 5.97 Å². The summed E-state index contributed by atoms with van der Waals surface area (Å²) in [4.78, 5) is 11.2. The smallest absolute Gasteiger partial charge is 0.305 e. The zero-order valence-corrected chi connectivity index (χ0v) is 18.1. The van der Waals surface area contributed by atoms with Crippen LogP contribution in [0.3, 0.4) is 0 Å². The minimum atomic E-state index is -0.118. The van der Waals surface area contributed by atoms with Crippen LogP contribution in [-0.4, -0.2) is 19.6 Å². The molecular formula is C23H31Cl2NO2. The van der Waals surface area contributed by atoms with E-state index in [-0.39, 0.29) is 5.97 Å². The average molecular weight is 424 g/mol. The van der Waals surface area contributed by atoms with E-state index in [1.165, 1.54) is 32.8 Å². The van der Waals surface area contributed by atoms with Gasteiger partial charge in [-0.15, -0.1) is 0 Å². The number of nitrogens with one attached hydrogen (secondary N) is 1. The maximum atomic E-state index is 11.2. The normalized spacial score (nSPS) is 26.7. The molecule has 0 aliphatic heterocycles. The average Bonchev–Trinajstić information content (AvgIpc) is 2.70. The first-order chi connectivity index (χ1) is 13.6. The van der Waals surface area contributed by atoms with Crippen LogP contribution in [0.2, 0.25) is 10.0 Å². The van der Waals surface area contributed by atoms with Crippen molar-refractivity contribution in [3.8, 4) is 0 Å². The molecule has 0 heterocycles. The lowest BCUT2D eigenvalue weighted by Gasteiger charge is -2.48. The van der Waals surface area contributed by atoms with Gasteiger partial charge in [-0.25, -0.2) is 0 Å². The molecular weight excluding hydrogens is 393 g/mol. The van der Waals surface area contributed by atoms with Crippen molar-refractivity contribution in [2.24, 2.45) is 23.7 Å². The molecule has 2 bridgehead atoms. The lowest BCUT2D eigenvalue weighted by molar-refractivity contribution is -0.140. The Labute approximate surface area is 178 Å². The van der Waals surface area contributed by atoms with Gasteiger partial charge < -0.3 is 10.1 Å². The van der Waals surface area contributed by atoms with Crippen molar-refractivity contribution in [3.05, 3.63) is 46.0 Å². The zero-order valence-electron chi connectivity index (χ0n) is 16.6. The van der Waals surface area contributed by atoms with Crippen molar-refractivity contribution in [1.82, 2.24) is 5.32 Å². The van der Waals surface area contributed by atoms with Crippen molar-refractivity contribution in [3.63, 3.8) is 0 Å². The molecule has 1 aromatic carbocycles. The van der Waals surface area contributed by atoms with Crippen LogP contribution in [0.4, 0.5) is 0 Å². The summed E-state index contributed by atoms with van der Waals surface area (Å²) in [6.45, 7) is 1.80. The molecule has 0 amide bonds. The Hall–Kier alpha value is -1.03. The van der Waals surface area contributed by atoms with E-state index in [1.807, 2.05) is 18.2 Å². The number of rotatable bonds is 9. The fraction of sp³-hybridized carbons (Fsp3) is 0.609. The Morgan fingerprint density at radius 2 is 1.96 bits per heavy atom. The van der Waals surface area contributed by atoms with Gasteiger partial charge in [0.05, 0.1) is 7.11 Å². The van der Waals surface area contributed by atoms with Crippen LogP contribution < -0.4 is 5.32 Å². The molecule has 154 valence electrons. The Bertz CT molecular complexity index is 683. The second-order valence-electron chi connectivity index (χ2n) is 8.18. The van der Waals surface area contributed by atoms with Gasteiger partial charge in [0.2, 0.25) is 0 Å². The minimum Gasteiger partial charge on any atom is -0.469 e. The first kappa shape index (κ1) is 21.7. The lowest BCUT2D eigenvalue weighted by atomic mass is 9.58. The predicted octanol–water partition coefficient (Wildman–Crippen LogP) is 6.03. The van der Waals surface area contributed by atoms with Crippen molar-refractivity contribution in [2.75, 3.05) is 13.7 Å². The number of ether oxygens (including phenoxy) is 1. The summed E-state index contributed by atoms with van der Waals surface area (Å²) in [7, 11) is 1.45. The number of carbonyl (C=O) groups is 1. The van der Waals surface area contributed by atoms with Crippen LogP contribution in [0.25, 0.3) is 0 Å². The van der Waals surface area contributed by atoms with E-state index in [9.17, 15) is 4.79 Å². The molecule has 3 saturated carbocycles. The fourth-order valence-corrected chi connectivity index (χ4v) is 5.46. The molecule has 3 aliphatic carbocycles. The molecule has 0 spiro atoms. The third-order valence-corrected chi connectivity index (χ3v) is 7.10. The number of unbranched alkanes of at least 4 members (excludes halogenated alkanes) is 1. The molecule has 0 aromatic heterocycles. The number of hydrogen-bond donors (Lipinski definition) is 1. The molecule has 28 heavy (non-hydrogen) atoms. The number of esters is 1. The number of hydrogen-bond acceptors (Lipinski definition) is 3. The van der Waals surface area contributed by atoms with Gasteiger partial charge in [-0.2, -0.15) is 0 Å². The zero-order chi connectivity index (χ0) is 19.9. The fourth-order valence-electron chi connectivity index (χ4n) is 4.98. The molecule has 5 heteroatoms. The van der Waals surface area contributed by atoms with Gasteiger partial charge in [0.15, 0.2) is 0 Å². The number of carbonyl (C=O) groups excluding carboxylic acids is 1. The molecule has 0 saturated heterocycles. The summed E-state index contributed by atoms with van der Waals surface area (Å²) in [5.74, 6) is 2.86. The van der Waals surface area contributed by atoms with E-state index in [0.717, 1.165) is 48.4 Å².